The van der Waals surface area contributed by atoms with Gasteiger partial charge < -0.3 is 13.8 Å². The summed E-state index contributed by atoms with van der Waals surface area (Å²) in [6.45, 7) is 9.78. The molecule has 0 fully saturated rings. The van der Waals surface area contributed by atoms with Crippen molar-refractivity contribution in [2.45, 2.75) is 46.1 Å². The predicted octanol–water partition coefficient (Wildman–Crippen LogP) is 2.52. The number of aromatic nitrogens is 3. The van der Waals surface area contributed by atoms with Crippen LogP contribution < -0.4 is 10.2 Å². The fourth-order valence-corrected chi connectivity index (χ4v) is 3.37. The molecule has 1 unspecified atom stereocenters. The first-order valence-corrected chi connectivity index (χ1v) is 10.2. The molecule has 0 aliphatic carbocycles. The molecular formula is C19H26N5O3S+. The van der Waals surface area contributed by atoms with Crippen molar-refractivity contribution in [3.8, 4) is 10.8 Å². The summed E-state index contributed by atoms with van der Waals surface area (Å²) in [4.78, 5) is 14.4. The van der Waals surface area contributed by atoms with E-state index < -0.39 is 0 Å². The number of nitrogens with zero attached hydrogens (tertiary/aromatic N) is 3. The highest BCUT2D eigenvalue weighted by Crippen LogP contribution is 2.24. The van der Waals surface area contributed by atoms with Crippen molar-refractivity contribution in [3.63, 3.8) is 0 Å². The molecule has 0 aromatic carbocycles. The quantitative estimate of drug-likeness (QED) is 0.599. The van der Waals surface area contributed by atoms with Crippen LogP contribution in [0.2, 0.25) is 0 Å². The maximum atomic E-state index is 12.5. The molecule has 3 rings (SSSR count). The molecule has 3 aromatic rings. The molecule has 0 aliphatic rings. The molecule has 1 amide bonds. The molecule has 3 aromatic heterocycles. The molecule has 150 valence electrons. The SMILES string of the molecule is CCC[NH+](CC(=O)Nc1cc(C(C)(C)C)no1)Cc1nnc(-c2cccs2)o1. The number of quaternary nitrogens is 1. The van der Waals surface area contributed by atoms with Gasteiger partial charge in [0.05, 0.1) is 17.1 Å². The van der Waals surface area contributed by atoms with Gasteiger partial charge in [-0.1, -0.05) is 38.9 Å². The first kappa shape index (κ1) is 20.2. The van der Waals surface area contributed by atoms with Gasteiger partial charge in [0.25, 0.3) is 17.7 Å². The van der Waals surface area contributed by atoms with Gasteiger partial charge in [-0.25, -0.2) is 0 Å². The van der Waals surface area contributed by atoms with Crippen molar-refractivity contribution < 1.29 is 18.6 Å². The zero-order chi connectivity index (χ0) is 20.1. The van der Waals surface area contributed by atoms with E-state index in [1.54, 1.807) is 17.4 Å². The molecule has 9 heteroatoms. The van der Waals surface area contributed by atoms with Gasteiger partial charge in [-0.3, -0.25) is 10.1 Å². The van der Waals surface area contributed by atoms with Crippen LogP contribution >= 0.6 is 11.3 Å². The summed E-state index contributed by atoms with van der Waals surface area (Å²) in [7, 11) is 0. The minimum Gasteiger partial charge on any atom is -0.414 e. The fourth-order valence-electron chi connectivity index (χ4n) is 2.73. The zero-order valence-electron chi connectivity index (χ0n) is 16.6. The maximum Gasteiger partial charge on any atom is 0.281 e. The highest BCUT2D eigenvalue weighted by molar-refractivity contribution is 7.13. The van der Waals surface area contributed by atoms with Crippen molar-refractivity contribution >= 4 is 23.1 Å². The second kappa shape index (κ2) is 8.66. The Morgan fingerprint density at radius 2 is 2.14 bits per heavy atom. The molecule has 28 heavy (non-hydrogen) atoms. The Balaban J connectivity index is 1.59. The molecule has 0 bridgehead atoms. The maximum absolute atomic E-state index is 12.5. The summed E-state index contributed by atoms with van der Waals surface area (Å²) in [6, 6.07) is 5.65. The molecule has 0 saturated heterocycles. The van der Waals surface area contributed by atoms with E-state index in [-0.39, 0.29) is 17.9 Å². The summed E-state index contributed by atoms with van der Waals surface area (Å²) < 4.78 is 11.0. The number of anilines is 1. The average molecular weight is 405 g/mol. The Labute approximate surface area is 167 Å². The highest BCUT2D eigenvalue weighted by Gasteiger charge is 2.22. The molecule has 8 nitrogen and oxygen atoms in total. The number of rotatable bonds is 8. The van der Waals surface area contributed by atoms with Crippen LogP contribution in [0.15, 0.2) is 32.5 Å². The Morgan fingerprint density at radius 3 is 2.79 bits per heavy atom. The summed E-state index contributed by atoms with van der Waals surface area (Å²) in [5, 5.41) is 17.0. The van der Waals surface area contributed by atoms with Crippen LogP contribution in [0.25, 0.3) is 10.8 Å². The fraction of sp³-hybridized carbons (Fsp3) is 0.474. The molecule has 0 spiro atoms. The summed E-state index contributed by atoms with van der Waals surface area (Å²) >= 11 is 1.55. The Kier molecular flexibility index (Phi) is 6.25. The molecule has 3 heterocycles. The highest BCUT2D eigenvalue weighted by atomic mass is 32.1. The van der Waals surface area contributed by atoms with Gasteiger partial charge in [-0.15, -0.1) is 21.5 Å². The third-order valence-electron chi connectivity index (χ3n) is 4.16. The summed E-state index contributed by atoms with van der Waals surface area (Å²) in [6.07, 6.45) is 0.936. The standard InChI is InChI=1S/C19H25N5O3S/c1-5-8-24(12-17-21-22-18(26-17)13-7-6-9-28-13)11-15(25)20-16-10-14(23-27-16)19(2,3)4/h6-7,9-10H,5,8,11-12H2,1-4H3,(H,20,25)/p+1. The molecule has 0 aliphatic heterocycles. The second-order valence-corrected chi connectivity index (χ2v) is 8.65. The molecule has 0 saturated carbocycles. The third kappa shape index (κ3) is 5.26. The topological polar surface area (TPSA) is 98.5 Å². The van der Waals surface area contributed by atoms with Gasteiger partial charge in [0, 0.05) is 11.5 Å². The van der Waals surface area contributed by atoms with E-state index in [2.05, 4.69) is 27.6 Å². The minimum absolute atomic E-state index is 0.135. The van der Waals surface area contributed by atoms with Gasteiger partial charge >= 0.3 is 0 Å². The first-order valence-electron chi connectivity index (χ1n) is 9.32. The van der Waals surface area contributed by atoms with E-state index >= 15 is 0 Å². The molecule has 2 N–H and O–H groups in total. The minimum atomic E-state index is -0.141. The number of carbonyl (C=O) groups is 1. The van der Waals surface area contributed by atoms with Crippen LogP contribution in [0.4, 0.5) is 5.88 Å². The lowest BCUT2D eigenvalue weighted by Gasteiger charge is -2.16. The van der Waals surface area contributed by atoms with Crippen molar-refractivity contribution in [2.75, 3.05) is 18.4 Å². The van der Waals surface area contributed by atoms with Crippen LogP contribution in [-0.4, -0.2) is 34.4 Å². The number of hydrogen-bond acceptors (Lipinski definition) is 7. The van der Waals surface area contributed by atoms with E-state index in [0.29, 0.717) is 24.2 Å². The van der Waals surface area contributed by atoms with E-state index in [1.165, 1.54) is 0 Å². The van der Waals surface area contributed by atoms with E-state index in [0.717, 1.165) is 28.4 Å². The zero-order valence-corrected chi connectivity index (χ0v) is 17.4. The summed E-state index contributed by atoms with van der Waals surface area (Å²) in [5.74, 6) is 1.26. The smallest absolute Gasteiger partial charge is 0.281 e. The number of thiophene rings is 1. The van der Waals surface area contributed by atoms with Crippen molar-refractivity contribution in [2.24, 2.45) is 0 Å². The van der Waals surface area contributed by atoms with Gasteiger partial charge in [-0.05, 0) is 17.9 Å². The van der Waals surface area contributed by atoms with E-state index in [4.69, 9.17) is 8.94 Å². The predicted molar refractivity (Wildman–Crippen MR) is 106 cm³/mol. The van der Waals surface area contributed by atoms with E-state index in [9.17, 15) is 4.79 Å². The monoisotopic (exact) mass is 404 g/mol. The van der Waals surface area contributed by atoms with Crippen LogP contribution in [0.5, 0.6) is 0 Å². The van der Waals surface area contributed by atoms with Gasteiger partial charge in [0.15, 0.2) is 13.1 Å². The van der Waals surface area contributed by atoms with Crippen LogP contribution in [0.3, 0.4) is 0 Å². The van der Waals surface area contributed by atoms with Gasteiger partial charge in [0.1, 0.15) is 0 Å². The number of amides is 1. The number of hydrogen-bond donors (Lipinski definition) is 2. The number of carbonyl (C=O) groups excluding carboxylic acids is 1. The third-order valence-corrected chi connectivity index (χ3v) is 5.01. The second-order valence-electron chi connectivity index (χ2n) is 7.71. The van der Waals surface area contributed by atoms with E-state index in [1.807, 2.05) is 38.3 Å². The first-order chi connectivity index (χ1) is 13.3. The summed E-state index contributed by atoms with van der Waals surface area (Å²) in [5.41, 5.74) is 0.664. The van der Waals surface area contributed by atoms with Crippen molar-refractivity contribution in [3.05, 3.63) is 35.2 Å². The van der Waals surface area contributed by atoms with Crippen LogP contribution in [0.1, 0.15) is 45.7 Å². The largest absolute Gasteiger partial charge is 0.414 e. The number of nitrogens with one attached hydrogen (secondary N) is 2. The van der Waals surface area contributed by atoms with Crippen molar-refractivity contribution in [1.82, 2.24) is 15.4 Å². The lowest BCUT2D eigenvalue weighted by Crippen LogP contribution is -3.11. The Hall–Kier alpha value is -2.52. The molecule has 0 radical (unpaired) electrons. The molecule has 1 atom stereocenters. The van der Waals surface area contributed by atoms with Crippen LogP contribution in [-0.2, 0) is 16.8 Å². The van der Waals surface area contributed by atoms with Crippen molar-refractivity contribution in [1.29, 1.82) is 0 Å². The van der Waals surface area contributed by atoms with Gasteiger partial charge in [-0.2, -0.15) is 0 Å². The Morgan fingerprint density at radius 1 is 1.32 bits per heavy atom. The average Bonchev–Trinajstić information content (AvgIpc) is 3.35. The lowest BCUT2D eigenvalue weighted by atomic mass is 9.92. The molecular weight excluding hydrogens is 378 g/mol. The van der Waals surface area contributed by atoms with Crippen LogP contribution in [0, 0.1) is 0 Å². The lowest BCUT2D eigenvalue weighted by molar-refractivity contribution is -0.907. The van der Waals surface area contributed by atoms with Gasteiger partial charge in [0.2, 0.25) is 5.88 Å². The normalized spacial score (nSPS) is 12.9. The Bertz CT molecular complexity index is 895.